The maximum Gasteiger partial charge on any atom is 0.409 e. The average molecular weight is 508 g/mol. The molecule has 0 aromatic heterocycles. The summed E-state index contributed by atoms with van der Waals surface area (Å²) in [6, 6.07) is 16.6. The lowest BCUT2D eigenvalue weighted by Gasteiger charge is -2.36. The molecule has 2 aromatic rings. The lowest BCUT2D eigenvalue weighted by Crippen LogP contribution is -2.48. The van der Waals surface area contributed by atoms with Crippen LogP contribution in [0.15, 0.2) is 55.1 Å². The first-order valence-electron chi connectivity index (χ1n) is 13.5. The smallest absolute Gasteiger partial charge is 0.409 e. The van der Waals surface area contributed by atoms with Gasteiger partial charge in [0.25, 0.3) is 0 Å². The number of amides is 1. The molecule has 7 nitrogen and oxygen atoms in total. The molecule has 37 heavy (non-hydrogen) atoms. The minimum atomic E-state index is -0.202. The van der Waals surface area contributed by atoms with E-state index >= 15 is 0 Å². The SMILES string of the molecule is C=C(c1ccc(OC2CCN(Cc3ccc(OC)cc3)CC2)cc1)N1CCN(C(=O)OCCCC)CC1. The Morgan fingerprint density at radius 1 is 0.892 bits per heavy atom. The number of unbranched alkanes of at least 4 members (excludes halogenated alkanes) is 1. The second kappa shape index (κ2) is 13.4. The summed E-state index contributed by atoms with van der Waals surface area (Å²) in [5.41, 5.74) is 3.38. The molecule has 0 unspecified atom stereocenters. The molecular formula is C30H41N3O4. The van der Waals surface area contributed by atoms with E-state index in [9.17, 15) is 4.79 Å². The minimum absolute atomic E-state index is 0.202. The molecule has 1 amide bonds. The van der Waals surface area contributed by atoms with Crippen molar-refractivity contribution in [3.63, 3.8) is 0 Å². The lowest BCUT2D eigenvalue weighted by atomic mass is 10.1. The molecule has 4 rings (SSSR count). The van der Waals surface area contributed by atoms with E-state index in [4.69, 9.17) is 14.2 Å². The van der Waals surface area contributed by atoms with Gasteiger partial charge in [0.05, 0.1) is 13.7 Å². The van der Waals surface area contributed by atoms with Gasteiger partial charge in [0.2, 0.25) is 0 Å². The summed E-state index contributed by atoms with van der Waals surface area (Å²) in [5.74, 6) is 1.80. The van der Waals surface area contributed by atoms with Crippen LogP contribution in [0, 0.1) is 0 Å². The second-order valence-electron chi connectivity index (χ2n) is 9.85. The fourth-order valence-corrected chi connectivity index (χ4v) is 4.83. The number of benzene rings is 2. The van der Waals surface area contributed by atoms with Gasteiger partial charge in [-0.2, -0.15) is 0 Å². The van der Waals surface area contributed by atoms with Crippen molar-refractivity contribution < 1.29 is 19.0 Å². The van der Waals surface area contributed by atoms with Crippen LogP contribution in [-0.2, 0) is 11.3 Å². The molecule has 2 saturated heterocycles. The quantitative estimate of drug-likeness (QED) is 0.409. The largest absolute Gasteiger partial charge is 0.497 e. The van der Waals surface area contributed by atoms with Crippen LogP contribution in [-0.4, -0.2) is 79.9 Å². The molecule has 7 heteroatoms. The molecule has 0 aliphatic carbocycles. The molecule has 200 valence electrons. The van der Waals surface area contributed by atoms with Crippen molar-refractivity contribution >= 4 is 11.8 Å². The Labute approximate surface area is 221 Å². The Balaban J connectivity index is 1.18. The molecule has 0 radical (unpaired) electrons. The number of piperazine rings is 1. The van der Waals surface area contributed by atoms with Crippen molar-refractivity contribution in [2.75, 3.05) is 53.0 Å². The zero-order chi connectivity index (χ0) is 26.0. The van der Waals surface area contributed by atoms with Crippen molar-refractivity contribution in [2.45, 2.75) is 45.3 Å². The molecule has 2 aliphatic rings. The van der Waals surface area contributed by atoms with Crippen molar-refractivity contribution in [1.82, 2.24) is 14.7 Å². The molecule has 0 N–H and O–H groups in total. The van der Waals surface area contributed by atoms with Gasteiger partial charge in [-0.3, -0.25) is 4.90 Å². The summed E-state index contributed by atoms with van der Waals surface area (Å²) in [6.07, 6.45) is 4.02. The van der Waals surface area contributed by atoms with Gasteiger partial charge in [-0.15, -0.1) is 0 Å². The number of hydrogen-bond acceptors (Lipinski definition) is 6. The van der Waals surface area contributed by atoms with Gasteiger partial charge >= 0.3 is 6.09 Å². The summed E-state index contributed by atoms with van der Waals surface area (Å²) in [5, 5.41) is 0. The first-order valence-corrected chi connectivity index (χ1v) is 13.5. The van der Waals surface area contributed by atoms with Gasteiger partial charge in [0.15, 0.2) is 0 Å². The van der Waals surface area contributed by atoms with E-state index in [2.05, 4.69) is 47.6 Å². The van der Waals surface area contributed by atoms with Crippen molar-refractivity contribution in [2.24, 2.45) is 0 Å². The van der Waals surface area contributed by atoms with E-state index in [0.29, 0.717) is 19.7 Å². The third-order valence-electron chi connectivity index (χ3n) is 7.23. The maximum atomic E-state index is 12.2. The highest BCUT2D eigenvalue weighted by Crippen LogP contribution is 2.25. The Morgan fingerprint density at radius 2 is 1.51 bits per heavy atom. The summed E-state index contributed by atoms with van der Waals surface area (Å²) >= 11 is 0. The standard InChI is InChI=1S/C30H41N3O4/c1-4-5-22-36-30(34)33-20-18-32(19-21-33)24(2)26-8-12-28(13-9-26)37-29-14-16-31(17-15-29)23-25-6-10-27(35-3)11-7-25/h6-13,29H,2,4-5,14-23H2,1,3H3. The normalized spacial score (nSPS) is 16.9. The molecule has 0 spiro atoms. The molecule has 0 bridgehead atoms. The van der Waals surface area contributed by atoms with E-state index in [1.165, 1.54) is 5.56 Å². The Hall–Kier alpha value is -3.19. The molecule has 2 aliphatic heterocycles. The highest BCUT2D eigenvalue weighted by Gasteiger charge is 2.24. The van der Waals surface area contributed by atoms with Gasteiger partial charge in [-0.1, -0.05) is 32.1 Å². The highest BCUT2D eigenvalue weighted by molar-refractivity contribution is 5.68. The van der Waals surface area contributed by atoms with Crippen LogP contribution in [0.1, 0.15) is 43.7 Å². The molecule has 2 heterocycles. The number of rotatable bonds is 10. The molecular weight excluding hydrogens is 466 g/mol. The van der Waals surface area contributed by atoms with Crippen LogP contribution >= 0.6 is 0 Å². The zero-order valence-corrected chi connectivity index (χ0v) is 22.4. The minimum Gasteiger partial charge on any atom is -0.497 e. The first kappa shape index (κ1) is 26.9. The topological polar surface area (TPSA) is 54.5 Å². The van der Waals surface area contributed by atoms with E-state index < -0.39 is 0 Å². The predicted octanol–water partition coefficient (Wildman–Crippen LogP) is 5.26. The number of nitrogens with zero attached hydrogens (tertiary/aromatic N) is 3. The van der Waals surface area contributed by atoms with Gasteiger partial charge < -0.3 is 24.0 Å². The van der Waals surface area contributed by atoms with Crippen LogP contribution in [0.2, 0.25) is 0 Å². The summed E-state index contributed by atoms with van der Waals surface area (Å²) in [7, 11) is 1.70. The Kier molecular flexibility index (Phi) is 9.71. The third kappa shape index (κ3) is 7.65. The monoisotopic (exact) mass is 507 g/mol. The summed E-state index contributed by atoms with van der Waals surface area (Å²) in [6.45, 7) is 12.8. The third-order valence-corrected chi connectivity index (χ3v) is 7.23. The van der Waals surface area contributed by atoms with Crippen molar-refractivity contribution in [3.8, 4) is 11.5 Å². The summed E-state index contributed by atoms with van der Waals surface area (Å²) < 4.78 is 16.9. The number of piperidine rings is 1. The van der Waals surface area contributed by atoms with Crippen LogP contribution in [0.3, 0.4) is 0 Å². The van der Waals surface area contributed by atoms with E-state index in [0.717, 1.165) is 81.2 Å². The lowest BCUT2D eigenvalue weighted by molar-refractivity contribution is 0.0856. The zero-order valence-electron chi connectivity index (χ0n) is 22.4. The number of hydrogen-bond donors (Lipinski definition) is 0. The average Bonchev–Trinajstić information content (AvgIpc) is 2.95. The summed E-state index contributed by atoms with van der Waals surface area (Å²) in [4.78, 5) is 18.7. The molecule has 2 aromatic carbocycles. The van der Waals surface area contributed by atoms with Gasteiger partial charge in [-0.25, -0.2) is 4.79 Å². The van der Waals surface area contributed by atoms with Crippen LogP contribution in [0.4, 0.5) is 4.79 Å². The van der Waals surface area contributed by atoms with Gasteiger partial charge in [0, 0.05) is 51.5 Å². The predicted molar refractivity (Wildman–Crippen MR) is 147 cm³/mol. The van der Waals surface area contributed by atoms with Crippen LogP contribution < -0.4 is 9.47 Å². The molecule has 0 atom stereocenters. The number of likely N-dealkylation sites (tertiary alicyclic amines) is 1. The fourth-order valence-electron chi connectivity index (χ4n) is 4.83. The van der Waals surface area contributed by atoms with Crippen molar-refractivity contribution in [3.05, 3.63) is 66.2 Å². The molecule has 0 saturated carbocycles. The Morgan fingerprint density at radius 3 is 2.14 bits per heavy atom. The van der Waals surface area contributed by atoms with E-state index in [1.54, 1.807) is 12.0 Å². The number of carbonyl (C=O) groups is 1. The van der Waals surface area contributed by atoms with Gasteiger partial charge in [0.1, 0.15) is 17.6 Å². The van der Waals surface area contributed by atoms with Crippen LogP contribution in [0.25, 0.3) is 5.70 Å². The van der Waals surface area contributed by atoms with Crippen LogP contribution in [0.5, 0.6) is 11.5 Å². The van der Waals surface area contributed by atoms with E-state index in [-0.39, 0.29) is 12.2 Å². The van der Waals surface area contributed by atoms with Crippen molar-refractivity contribution in [1.29, 1.82) is 0 Å². The number of carbonyl (C=O) groups excluding carboxylic acids is 1. The van der Waals surface area contributed by atoms with E-state index in [1.807, 2.05) is 24.3 Å². The molecule has 2 fully saturated rings. The first-order chi connectivity index (χ1) is 18.1. The second-order valence-corrected chi connectivity index (χ2v) is 9.85. The Bertz CT molecular complexity index is 992. The highest BCUT2D eigenvalue weighted by atomic mass is 16.6. The maximum absolute atomic E-state index is 12.2. The van der Waals surface area contributed by atoms with Gasteiger partial charge in [-0.05, 0) is 66.8 Å². The number of methoxy groups -OCH3 is 1. The fraction of sp³-hybridized carbons (Fsp3) is 0.500. The number of ether oxygens (including phenoxy) is 3.